The molecule has 0 saturated heterocycles. The molecule has 66 valence electrons. The normalized spacial score (nSPS) is 14.4. The summed E-state index contributed by atoms with van der Waals surface area (Å²) in [6.45, 7) is 0. The van der Waals surface area contributed by atoms with Crippen LogP contribution >= 0.6 is 11.6 Å². The van der Waals surface area contributed by atoms with Gasteiger partial charge < -0.3 is 5.11 Å². The van der Waals surface area contributed by atoms with Crippen LogP contribution in [0.1, 0.15) is 11.1 Å². The maximum absolute atomic E-state index is 11.0. The molecule has 0 amide bonds. The fourth-order valence-electron chi connectivity index (χ4n) is 1.36. The Morgan fingerprint density at radius 1 is 1.31 bits per heavy atom. The Balaban J connectivity index is 2.58. The highest BCUT2D eigenvalue weighted by atomic mass is 35.5. The van der Waals surface area contributed by atoms with Crippen molar-refractivity contribution in [2.45, 2.75) is 6.42 Å². The smallest absolute Gasteiger partial charge is 0.160 e. The number of phenolic OH excluding ortho intramolecular Hbond substituents is 1. The zero-order chi connectivity index (χ0) is 9.42. The number of ketones is 1. The van der Waals surface area contributed by atoms with Crippen molar-refractivity contribution >= 4 is 23.5 Å². The van der Waals surface area contributed by atoms with Crippen LogP contribution in [0.5, 0.6) is 5.75 Å². The summed E-state index contributed by atoms with van der Waals surface area (Å²) < 4.78 is 0. The first-order valence-electron chi connectivity index (χ1n) is 3.89. The molecule has 3 heteroatoms. The second kappa shape index (κ2) is 2.89. The molecule has 2 rings (SSSR count). The molecule has 0 aromatic heterocycles. The van der Waals surface area contributed by atoms with Crippen molar-refractivity contribution in [2.24, 2.45) is 0 Å². The Morgan fingerprint density at radius 3 is 2.85 bits per heavy atom. The molecule has 1 aliphatic rings. The van der Waals surface area contributed by atoms with Crippen molar-refractivity contribution in [1.82, 2.24) is 0 Å². The van der Waals surface area contributed by atoms with E-state index in [0.717, 1.165) is 11.1 Å². The van der Waals surface area contributed by atoms with Crippen molar-refractivity contribution in [2.75, 3.05) is 0 Å². The van der Waals surface area contributed by atoms with Gasteiger partial charge in [0.25, 0.3) is 0 Å². The molecule has 0 fully saturated rings. The van der Waals surface area contributed by atoms with Crippen molar-refractivity contribution in [3.8, 4) is 5.75 Å². The average Bonchev–Trinajstić information content (AvgIpc) is 2.08. The predicted molar refractivity (Wildman–Crippen MR) is 50.9 cm³/mol. The first-order chi connectivity index (χ1) is 6.16. The zero-order valence-electron chi connectivity index (χ0n) is 6.75. The van der Waals surface area contributed by atoms with Gasteiger partial charge in [-0.1, -0.05) is 17.7 Å². The lowest BCUT2D eigenvalue weighted by molar-refractivity contribution is -0.114. The van der Waals surface area contributed by atoms with Crippen LogP contribution in [0.2, 0.25) is 5.02 Å². The van der Waals surface area contributed by atoms with E-state index < -0.39 is 0 Å². The Hall–Kier alpha value is -1.28. The Labute approximate surface area is 80.5 Å². The number of rotatable bonds is 0. The number of hydrogen-bond donors (Lipinski definition) is 1. The molecule has 0 atom stereocenters. The number of benzene rings is 1. The fourth-order valence-corrected chi connectivity index (χ4v) is 1.54. The van der Waals surface area contributed by atoms with E-state index in [-0.39, 0.29) is 11.5 Å². The van der Waals surface area contributed by atoms with Gasteiger partial charge in [-0.15, -0.1) is 0 Å². The summed E-state index contributed by atoms with van der Waals surface area (Å²) in [6.07, 6.45) is 3.57. The Bertz CT molecular complexity index is 408. The van der Waals surface area contributed by atoms with Crippen molar-refractivity contribution < 1.29 is 9.90 Å². The summed E-state index contributed by atoms with van der Waals surface area (Å²) in [4.78, 5) is 11.0. The lowest BCUT2D eigenvalue weighted by atomic mass is 9.96. The van der Waals surface area contributed by atoms with E-state index in [1.54, 1.807) is 18.2 Å². The van der Waals surface area contributed by atoms with Crippen LogP contribution in [0.15, 0.2) is 18.2 Å². The highest BCUT2D eigenvalue weighted by Crippen LogP contribution is 2.29. The molecular weight excluding hydrogens is 188 g/mol. The minimum atomic E-state index is 0.0550. The number of hydrogen-bond acceptors (Lipinski definition) is 2. The minimum Gasteiger partial charge on any atom is -0.506 e. The molecular formula is C10H7ClO2. The third-order valence-corrected chi connectivity index (χ3v) is 2.32. The summed E-state index contributed by atoms with van der Waals surface area (Å²) >= 11 is 5.71. The van der Waals surface area contributed by atoms with E-state index in [2.05, 4.69) is 0 Å². The van der Waals surface area contributed by atoms with Gasteiger partial charge in [-0.25, -0.2) is 0 Å². The molecule has 0 spiro atoms. The van der Waals surface area contributed by atoms with E-state index in [0.29, 0.717) is 11.4 Å². The van der Waals surface area contributed by atoms with Crippen LogP contribution in [0, 0.1) is 0 Å². The third-order valence-electron chi connectivity index (χ3n) is 2.02. The topological polar surface area (TPSA) is 37.3 Å². The van der Waals surface area contributed by atoms with Gasteiger partial charge in [-0.2, -0.15) is 0 Å². The number of allylic oxidation sites excluding steroid dienone is 1. The van der Waals surface area contributed by atoms with Gasteiger partial charge in [0.1, 0.15) is 5.75 Å². The molecule has 1 aliphatic carbocycles. The molecule has 13 heavy (non-hydrogen) atoms. The minimum absolute atomic E-state index is 0.0550. The van der Waals surface area contributed by atoms with E-state index in [1.807, 2.05) is 0 Å². The van der Waals surface area contributed by atoms with E-state index >= 15 is 0 Å². The molecule has 1 aromatic carbocycles. The van der Waals surface area contributed by atoms with E-state index in [4.69, 9.17) is 11.6 Å². The second-order valence-corrected chi connectivity index (χ2v) is 3.39. The third kappa shape index (κ3) is 1.45. The summed E-state index contributed by atoms with van der Waals surface area (Å²) in [6, 6.07) is 3.20. The standard InChI is InChI=1S/C10H7ClO2/c11-9-4-7-3-8(12)2-1-6(7)5-10(9)13/h1-2,4-5,13H,3H2. The van der Waals surface area contributed by atoms with Gasteiger partial charge >= 0.3 is 0 Å². The lowest BCUT2D eigenvalue weighted by Crippen LogP contribution is -2.04. The van der Waals surface area contributed by atoms with E-state index in [9.17, 15) is 9.90 Å². The Kier molecular flexibility index (Phi) is 1.85. The Morgan fingerprint density at radius 2 is 2.08 bits per heavy atom. The van der Waals surface area contributed by atoms with Crippen LogP contribution in [-0.4, -0.2) is 10.9 Å². The monoisotopic (exact) mass is 194 g/mol. The second-order valence-electron chi connectivity index (χ2n) is 2.98. The van der Waals surface area contributed by atoms with Gasteiger partial charge in [-0.05, 0) is 29.3 Å². The van der Waals surface area contributed by atoms with Crippen molar-refractivity contribution in [3.05, 3.63) is 34.4 Å². The number of carbonyl (C=O) groups is 1. The molecule has 1 N–H and O–H groups in total. The highest BCUT2D eigenvalue weighted by molar-refractivity contribution is 6.32. The number of halogens is 1. The van der Waals surface area contributed by atoms with Gasteiger partial charge in [0, 0.05) is 6.42 Å². The zero-order valence-corrected chi connectivity index (χ0v) is 7.51. The lowest BCUT2D eigenvalue weighted by Gasteiger charge is -2.10. The summed E-state index contributed by atoms with van der Waals surface area (Å²) in [5.74, 6) is 0.119. The van der Waals surface area contributed by atoms with Gasteiger partial charge in [0.15, 0.2) is 5.78 Å². The molecule has 0 bridgehead atoms. The number of carbonyl (C=O) groups excluding carboxylic acids is 1. The maximum atomic E-state index is 11.0. The van der Waals surface area contributed by atoms with Gasteiger partial charge in [0.2, 0.25) is 0 Å². The molecule has 0 radical (unpaired) electrons. The van der Waals surface area contributed by atoms with E-state index in [1.165, 1.54) is 6.08 Å². The van der Waals surface area contributed by atoms with Gasteiger partial charge in [-0.3, -0.25) is 4.79 Å². The fraction of sp³-hybridized carbons (Fsp3) is 0.100. The van der Waals surface area contributed by atoms with Crippen LogP contribution in [0.4, 0.5) is 0 Å². The molecule has 2 nitrogen and oxygen atoms in total. The van der Waals surface area contributed by atoms with Gasteiger partial charge in [0.05, 0.1) is 5.02 Å². The molecule has 0 aliphatic heterocycles. The predicted octanol–water partition coefficient (Wildman–Crippen LogP) is 2.18. The highest BCUT2D eigenvalue weighted by Gasteiger charge is 2.12. The summed E-state index contributed by atoms with van der Waals surface area (Å²) in [5, 5.41) is 9.58. The van der Waals surface area contributed by atoms with Crippen LogP contribution < -0.4 is 0 Å². The molecule has 0 unspecified atom stereocenters. The quantitative estimate of drug-likeness (QED) is 0.688. The number of fused-ring (bicyclic) bond motifs is 1. The molecule has 0 heterocycles. The first kappa shape index (κ1) is 8.32. The molecule has 1 aromatic rings. The van der Waals surface area contributed by atoms with Crippen LogP contribution in [0.25, 0.3) is 6.08 Å². The summed E-state index contributed by atoms with van der Waals surface area (Å²) in [7, 11) is 0. The average molecular weight is 195 g/mol. The molecule has 0 saturated carbocycles. The number of phenols is 1. The first-order valence-corrected chi connectivity index (χ1v) is 4.27. The SMILES string of the molecule is O=C1C=Cc2cc(O)c(Cl)cc2C1. The largest absolute Gasteiger partial charge is 0.506 e. The van der Waals surface area contributed by atoms with Crippen LogP contribution in [-0.2, 0) is 11.2 Å². The maximum Gasteiger partial charge on any atom is 0.160 e. The van der Waals surface area contributed by atoms with Crippen molar-refractivity contribution in [3.63, 3.8) is 0 Å². The number of aromatic hydroxyl groups is 1. The van der Waals surface area contributed by atoms with Crippen LogP contribution in [0.3, 0.4) is 0 Å². The van der Waals surface area contributed by atoms with Crippen molar-refractivity contribution in [1.29, 1.82) is 0 Å². The summed E-state index contributed by atoms with van der Waals surface area (Å²) in [5.41, 5.74) is 1.73.